The molecule has 0 aliphatic carbocycles. The minimum atomic E-state index is -0.658. The van der Waals surface area contributed by atoms with Gasteiger partial charge in [-0.3, -0.25) is 4.79 Å². The maximum Gasteiger partial charge on any atom is 0.338 e. The zero-order valence-corrected chi connectivity index (χ0v) is 21.2. The number of carbonyl (C=O) groups excluding carboxylic acids is 2. The molecule has 1 amide bonds. The van der Waals surface area contributed by atoms with Gasteiger partial charge in [0.1, 0.15) is 11.4 Å². The van der Waals surface area contributed by atoms with Crippen LogP contribution in [0.15, 0.2) is 51.6 Å². The van der Waals surface area contributed by atoms with Crippen molar-refractivity contribution in [1.82, 2.24) is 10.2 Å². The highest BCUT2D eigenvalue weighted by atomic mass is 32.2. The van der Waals surface area contributed by atoms with Gasteiger partial charge in [0.2, 0.25) is 5.91 Å². The molecule has 7 nitrogen and oxygen atoms in total. The Hall–Kier alpha value is -2.74. The number of thioether (sulfide) groups is 1. The summed E-state index contributed by atoms with van der Waals surface area (Å²) in [6, 6.07) is 7.16. The van der Waals surface area contributed by atoms with Crippen molar-refractivity contribution >= 4 is 28.8 Å². The molecule has 0 saturated carbocycles. The number of para-hydroxylation sites is 1. The monoisotopic (exact) mass is 471 g/mol. The summed E-state index contributed by atoms with van der Waals surface area (Å²) in [4.78, 5) is 32.8. The molecule has 33 heavy (non-hydrogen) atoms. The molecule has 2 atom stereocenters. The van der Waals surface area contributed by atoms with E-state index in [4.69, 9.17) is 14.5 Å². The number of allylic oxidation sites excluding steroid dienone is 1. The molecule has 2 aliphatic rings. The number of esters is 1. The fourth-order valence-corrected chi connectivity index (χ4v) is 4.71. The van der Waals surface area contributed by atoms with Crippen LogP contribution in [0.3, 0.4) is 0 Å². The average Bonchev–Trinajstić information content (AvgIpc) is 3.12. The van der Waals surface area contributed by atoms with Crippen LogP contribution in [0.2, 0.25) is 0 Å². The van der Waals surface area contributed by atoms with Crippen LogP contribution in [0.1, 0.15) is 66.0 Å². The summed E-state index contributed by atoms with van der Waals surface area (Å²) in [5.41, 5.74) is 1.97. The van der Waals surface area contributed by atoms with E-state index in [9.17, 15) is 9.59 Å². The molecule has 1 aromatic carbocycles. The van der Waals surface area contributed by atoms with Crippen LogP contribution < -0.4 is 10.1 Å². The van der Waals surface area contributed by atoms with Crippen molar-refractivity contribution in [2.75, 3.05) is 7.11 Å². The first kappa shape index (κ1) is 24.9. The molecular formula is C25H33N3O4S. The number of fused-ring (bicyclic) bond motifs is 1. The van der Waals surface area contributed by atoms with Crippen molar-refractivity contribution < 1.29 is 19.1 Å². The number of benzene rings is 1. The Labute approximate surface area is 200 Å². The topological polar surface area (TPSA) is 80.2 Å². The number of methoxy groups -OCH3 is 1. The predicted octanol–water partition coefficient (Wildman–Crippen LogP) is 4.92. The second kappa shape index (κ2) is 10.0. The first-order valence-corrected chi connectivity index (χ1v) is 12.0. The number of aliphatic imine (C=N–C) groups is 1. The molecule has 178 valence electrons. The van der Waals surface area contributed by atoms with Gasteiger partial charge in [-0.1, -0.05) is 36.9 Å². The van der Waals surface area contributed by atoms with Crippen molar-refractivity contribution in [3.05, 3.63) is 52.2 Å². The number of rotatable bonds is 7. The maximum absolute atomic E-state index is 13.4. The summed E-state index contributed by atoms with van der Waals surface area (Å²) >= 11 is 1.45. The predicted molar refractivity (Wildman–Crippen MR) is 132 cm³/mol. The lowest BCUT2D eigenvalue weighted by Gasteiger charge is -2.37. The number of hydrogen-bond acceptors (Lipinski definition) is 7. The van der Waals surface area contributed by atoms with E-state index in [0.29, 0.717) is 17.0 Å². The van der Waals surface area contributed by atoms with Gasteiger partial charge in [-0.05, 0) is 52.5 Å². The van der Waals surface area contributed by atoms with Gasteiger partial charge in [0.05, 0.1) is 30.8 Å². The normalized spacial score (nSPS) is 18.9. The van der Waals surface area contributed by atoms with Crippen LogP contribution >= 0.6 is 11.8 Å². The number of carbonyl (C=O) groups is 2. The van der Waals surface area contributed by atoms with Crippen LogP contribution in [0.5, 0.6) is 5.75 Å². The fourth-order valence-electron chi connectivity index (χ4n) is 3.74. The molecule has 0 radical (unpaired) electrons. The molecule has 0 bridgehead atoms. The number of amidine groups is 1. The smallest absolute Gasteiger partial charge is 0.338 e. The van der Waals surface area contributed by atoms with Crippen molar-refractivity contribution in [1.29, 1.82) is 0 Å². The molecule has 2 heterocycles. The van der Waals surface area contributed by atoms with Gasteiger partial charge >= 0.3 is 5.97 Å². The summed E-state index contributed by atoms with van der Waals surface area (Å²) in [5.74, 6) is 0.151. The summed E-state index contributed by atoms with van der Waals surface area (Å²) in [5, 5.41) is 5.68. The van der Waals surface area contributed by atoms with Gasteiger partial charge in [-0.25, -0.2) is 9.79 Å². The van der Waals surface area contributed by atoms with Gasteiger partial charge in [0, 0.05) is 17.3 Å². The Morgan fingerprint density at radius 3 is 2.61 bits per heavy atom. The van der Waals surface area contributed by atoms with Gasteiger partial charge in [0.15, 0.2) is 5.17 Å². The van der Waals surface area contributed by atoms with Crippen LogP contribution in [-0.4, -0.2) is 40.7 Å². The van der Waals surface area contributed by atoms with Crippen molar-refractivity contribution in [3.8, 4) is 5.75 Å². The molecule has 0 spiro atoms. The van der Waals surface area contributed by atoms with Gasteiger partial charge in [-0.15, -0.1) is 0 Å². The highest BCUT2D eigenvalue weighted by Gasteiger charge is 2.43. The van der Waals surface area contributed by atoms with Crippen LogP contribution in [0.4, 0.5) is 0 Å². The molecule has 2 aliphatic heterocycles. The number of amides is 1. The fraction of sp³-hybridized carbons (Fsp3) is 0.480. The first-order valence-electron chi connectivity index (χ1n) is 11.2. The summed E-state index contributed by atoms with van der Waals surface area (Å²) < 4.78 is 11.4. The molecule has 8 heteroatoms. The lowest BCUT2D eigenvalue weighted by molar-refractivity contribution is -0.150. The minimum absolute atomic E-state index is 0.0682. The lowest BCUT2D eigenvalue weighted by atomic mass is 9.93. The maximum atomic E-state index is 13.4. The lowest BCUT2D eigenvalue weighted by Crippen LogP contribution is -2.40. The van der Waals surface area contributed by atoms with Crippen LogP contribution in [0.25, 0.3) is 0 Å². The Balaban J connectivity index is 2.06. The van der Waals surface area contributed by atoms with E-state index in [2.05, 4.69) is 5.32 Å². The molecule has 0 fully saturated rings. The Bertz CT molecular complexity index is 1020. The van der Waals surface area contributed by atoms with E-state index in [1.54, 1.807) is 7.11 Å². The number of nitrogens with one attached hydrogen (secondary N) is 1. The van der Waals surface area contributed by atoms with E-state index in [1.165, 1.54) is 11.8 Å². The third-order valence-electron chi connectivity index (χ3n) is 5.41. The van der Waals surface area contributed by atoms with Crippen molar-refractivity contribution in [2.24, 2.45) is 4.99 Å². The van der Waals surface area contributed by atoms with E-state index in [-0.39, 0.29) is 18.4 Å². The van der Waals surface area contributed by atoms with E-state index in [0.717, 1.165) is 22.8 Å². The molecular weight excluding hydrogens is 438 g/mol. The van der Waals surface area contributed by atoms with Crippen LogP contribution in [-0.2, 0) is 14.3 Å². The van der Waals surface area contributed by atoms with Gasteiger partial charge in [-0.2, -0.15) is 0 Å². The van der Waals surface area contributed by atoms with Crippen molar-refractivity contribution in [2.45, 2.75) is 72.1 Å². The summed E-state index contributed by atoms with van der Waals surface area (Å²) in [7, 11) is 1.61. The molecule has 2 unspecified atom stereocenters. The molecule has 0 aromatic heterocycles. The number of hydrogen-bond donors (Lipinski definition) is 1. The second-order valence-electron chi connectivity index (χ2n) is 9.19. The van der Waals surface area contributed by atoms with E-state index < -0.39 is 17.6 Å². The Morgan fingerprint density at radius 1 is 1.27 bits per heavy atom. The van der Waals surface area contributed by atoms with Crippen LogP contribution in [0, 0.1) is 0 Å². The minimum Gasteiger partial charge on any atom is -0.496 e. The van der Waals surface area contributed by atoms with E-state index in [1.807, 2.05) is 76.1 Å². The van der Waals surface area contributed by atoms with Gasteiger partial charge in [0.25, 0.3) is 0 Å². The highest BCUT2D eigenvalue weighted by molar-refractivity contribution is 8.16. The third kappa shape index (κ3) is 5.61. The van der Waals surface area contributed by atoms with Crippen molar-refractivity contribution in [3.63, 3.8) is 0 Å². The largest absolute Gasteiger partial charge is 0.496 e. The third-order valence-corrected chi connectivity index (χ3v) is 6.30. The molecule has 1 aromatic rings. The Kier molecular flexibility index (Phi) is 7.57. The average molecular weight is 472 g/mol. The molecule has 1 N–H and O–H groups in total. The zero-order valence-electron chi connectivity index (χ0n) is 20.4. The summed E-state index contributed by atoms with van der Waals surface area (Å²) in [6.07, 6.45) is 1.03. The molecule has 3 rings (SSSR count). The zero-order chi connectivity index (χ0) is 24.3. The standard InChI is InChI=1S/C25H33N3O4S/c1-8-15(2)26-20(29)13-17-14-33-24-27-16(3)21(23(30)32-25(4,5)6)22(28(17)24)18-11-9-10-12-19(18)31-7/h9-12,14-15,22H,8,13H2,1-7H3,(H,26,29). The van der Waals surface area contributed by atoms with E-state index >= 15 is 0 Å². The Morgan fingerprint density at radius 2 is 1.97 bits per heavy atom. The quantitative estimate of drug-likeness (QED) is 0.569. The summed E-state index contributed by atoms with van der Waals surface area (Å²) in [6.45, 7) is 11.4. The molecule has 0 saturated heterocycles. The number of ether oxygens (including phenoxy) is 2. The van der Waals surface area contributed by atoms with Gasteiger partial charge < -0.3 is 19.7 Å². The SMILES string of the molecule is CCC(C)NC(=O)CC1=CSC2=NC(C)=C(C(=O)OC(C)(C)C)C(c3ccccc3OC)N12. The first-order chi connectivity index (χ1) is 15.6. The number of nitrogens with zero attached hydrogens (tertiary/aromatic N) is 2. The highest BCUT2D eigenvalue weighted by Crippen LogP contribution is 2.47. The second-order valence-corrected chi connectivity index (χ2v) is 10.0.